The van der Waals surface area contributed by atoms with E-state index in [-0.39, 0.29) is 34.5 Å². The van der Waals surface area contributed by atoms with Crippen LogP contribution in [0, 0.1) is 20.8 Å². The van der Waals surface area contributed by atoms with E-state index in [0.29, 0.717) is 16.7 Å². The fourth-order valence-corrected chi connectivity index (χ4v) is 3.45. The molecule has 0 spiro atoms. The van der Waals surface area contributed by atoms with Gasteiger partial charge in [0.2, 0.25) is 0 Å². The number of aromatic hydroxyl groups is 3. The van der Waals surface area contributed by atoms with E-state index in [4.69, 9.17) is 13.6 Å². The van der Waals surface area contributed by atoms with Crippen molar-refractivity contribution in [2.75, 3.05) is 0 Å². The Bertz CT molecular complexity index is 861. The number of phenols is 3. The van der Waals surface area contributed by atoms with Gasteiger partial charge < -0.3 is 28.9 Å². The highest BCUT2D eigenvalue weighted by Gasteiger charge is 2.25. The van der Waals surface area contributed by atoms with E-state index < -0.39 is 8.60 Å². The summed E-state index contributed by atoms with van der Waals surface area (Å²) in [5, 5.41) is 30.8. The number of phenolic OH excluding ortho intramolecular Hbond substituents is 3. The van der Waals surface area contributed by atoms with Crippen LogP contribution in [-0.4, -0.2) is 15.3 Å². The van der Waals surface area contributed by atoms with Crippen LogP contribution in [0.4, 0.5) is 0 Å². The van der Waals surface area contributed by atoms with Crippen LogP contribution >= 0.6 is 8.60 Å². The summed E-state index contributed by atoms with van der Waals surface area (Å²) < 4.78 is 17.3. The largest absolute Gasteiger partial charge is 0.530 e. The Kier molecular flexibility index (Phi) is 5.81. The van der Waals surface area contributed by atoms with Gasteiger partial charge >= 0.3 is 8.60 Å². The SMILES string of the molecule is Cc1cccc(OP(Oc2cccc(C)c2O)Oc2cccc(C)c2O)c1O. The molecule has 0 fully saturated rings. The molecule has 146 valence electrons. The van der Waals surface area contributed by atoms with Crippen LogP contribution in [0.25, 0.3) is 0 Å². The lowest BCUT2D eigenvalue weighted by Crippen LogP contribution is -2.03. The van der Waals surface area contributed by atoms with Gasteiger partial charge in [0, 0.05) is 0 Å². The summed E-state index contributed by atoms with van der Waals surface area (Å²) in [5.74, 6) is 0.401. The molecule has 0 atom stereocenters. The Balaban J connectivity index is 1.94. The molecule has 0 heterocycles. The predicted molar refractivity (Wildman–Crippen MR) is 107 cm³/mol. The zero-order valence-corrected chi connectivity index (χ0v) is 16.6. The van der Waals surface area contributed by atoms with Gasteiger partial charge in [0.15, 0.2) is 34.5 Å². The second-order valence-electron chi connectivity index (χ2n) is 6.26. The van der Waals surface area contributed by atoms with Crippen molar-refractivity contribution in [3.63, 3.8) is 0 Å². The maximum atomic E-state index is 10.3. The molecule has 0 unspecified atom stereocenters. The van der Waals surface area contributed by atoms with Crippen LogP contribution in [0.2, 0.25) is 0 Å². The van der Waals surface area contributed by atoms with Gasteiger partial charge in [0.1, 0.15) is 0 Å². The molecule has 3 aromatic rings. The second-order valence-corrected chi connectivity index (χ2v) is 7.26. The van der Waals surface area contributed by atoms with Crippen molar-refractivity contribution in [1.29, 1.82) is 0 Å². The molecule has 0 aliphatic heterocycles. The minimum Gasteiger partial charge on any atom is -0.504 e. The van der Waals surface area contributed by atoms with Crippen LogP contribution in [0.5, 0.6) is 34.5 Å². The molecule has 3 aromatic carbocycles. The van der Waals surface area contributed by atoms with Gasteiger partial charge in [-0.1, -0.05) is 36.4 Å². The lowest BCUT2D eigenvalue weighted by atomic mass is 10.2. The molecule has 0 saturated carbocycles. The third-order valence-electron chi connectivity index (χ3n) is 4.12. The molecule has 0 aliphatic rings. The van der Waals surface area contributed by atoms with E-state index in [0.717, 1.165) is 0 Å². The van der Waals surface area contributed by atoms with Gasteiger partial charge in [-0.25, -0.2) is 0 Å². The van der Waals surface area contributed by atoms with Gasteiger partial charge in [0.05, 0.1) is 0 Å². The fraction of sp³-hybridized carbons (Fsp3) is 0.143. The predicted octanol–water partition coefficient (Wildman–Crippen LogP) is 5.49. The van der Waals surface area contributed by atoms with E-state index in [1.165, 1.54) is 0 Å². The summed E-state index contributed by atoms with van der Waals surface area (Å²) in [5.41, 5.74) is 1.89. The standard InChI is InChI=1S/C21H21O6P/c1-13-7-4-10-16(19(13)22)25-28(26-17-11-5-8-14(2)20(17)23)27-18-12-6-9-15(3)21(18)24/h4-12,22-24H,1-3H3. The first-order chi connectivity index (χ1) is 13.4. The lowest BCUT2D eigenvalue weighted by molar-refractivity contribution is 0.350. The van der Waals surface area contributed by atoms with Crippen molar-refractivity contribution < 1.29 is 28.9 Å². The van der Waals surface area contributed by atoms with E-state index >= 15 is 0 Å². The number of hydrogen-bond donors (Lipinski definition) is 3. The summed E-state index contributed by atoms with van der Waals surface area (Å²) in [6, 6.07) is 15.1. The Hall–Kier alpha value is -3.11. The normalized spacial score (nSPS) is 10.7. The Morgan fingerprint density at radius 3 is 1.11 bits per heavy atom. The Morgan fingerprint density at radius 1 is 0.536 bits per heavy atom. The molecule has 3 rings (SSSR count). The number of para-hydroxylation sites is 3. The molecule has 0 amide bonds. The van der Waals surface area contributed by atoms with Crippen LogP contribution < -0.4 is 13.6 Å². The first kappa shape index (κ1) is 19.6. The molecule has 0 bridgehead atoms. The quantitative estimate of drug-likeness (QED) is 0.474. The van der Waals surface area contributed by atoms with E-state index in [1.807, 2.05) is 0 Å². The van der Waals surface area contributed by atoms with Crippen molar-refractivity contribution in [3.8, 4) is 34.5 Å². The summed E-state index contributed by atoms with van der Waals surface area (Å²) >= 11 is 0. The van der Waals surface area contributed by atoms with Crippen molar-refractivity contribution >= 4 is 8.60 Å². The van der Waals surface area contributed by atoms with E-state index in [9.17, 15) is 15.3 Å². The fourth-order valence-electron chi connectivity index (χ4n) is 2.41. The minimum absolute atomic E-state index is 0.0378. The van der Waals surface area contributed by atoms with Gasteiger partial charge in [0.25, 0.3) is 0 Å². The molecule has 3 N–H and O–H groups in total. The number of aryl methyl sites for hydroxylation is 3. The summed E-state index contributed by atoms with van der Waals surface area (Å²) in [4.78, 5) is 0. The molecule has 0 aliphatic carbocycles. The first-order valence-electron chi connectivity index (χ1n) is 8.56. The molecule has 0 radical (unpaired) electrons. The maximum absolute atomic E-state index is 10.3. The molecule has 0 aromatic heterocycles. The lowest BCUT2D eigenvalue weighted by Gasteiger charge is -2.20. The Morgan fingerprint density at radius 2 is 0.821 bits per heavy atom. The van der Waals surface area contributed by atoms with Crippen molar-refractivity contribution in [3.05, 3.63) is 71.3 Å². The molecule has 0 saturated heterocycles. The smallest absolute Gasteiger partial charge is 0.504 e. The van der Waals surface area contributed by atoms with Gasteiger partial charge in [-0.05, 0) is 55.7 Å². The summed E-state index contributed by atoms with van der Waals surface area (Å²) in [7, 11) is -2.16. The highest BCUT2D eigenvalue weighted by atomic mass is 31.2. The van der Waals surface area contributed by atoms with Crippen LogP contribution in [-0.2, 0) is 0 Å². The van der Waals surface area contributed by atoms with Crippen molar-refractivity contribution in [2.45, 2.75) is 20.8 Å². The topological polar surface area (TPSA) is 88.4 Å². The highest BCUT2D eigenvalue weighted by Crippen LogP contribution is 2.49. The molecule has 6 nitrogen and oxygen atoms in total. The monoisotopic (exact) mass is 400 g/mol. The van der Waals surface area contributed by atoms with Gasteiger partial charge in [-0.2, -0.15) is 0 Å². The van der Waals surface area contributed by atoms with Crippen LogP contribution in [0.15, 0.2) is 54.6 Å². The first-order valence-corrected chi connectivity index (χ1v) is 9.66. The number of hydrogen-bond acceptors (Lipinski definition) is 6. The van der Waals surface area contributed by atoms with E-state index in [2.05, 4.69) is 0 Å². The third-order valence-corrected chi connectivity index (χ3v) is 5.16. The number of benzene rings is 3. The molecular formula is C21H21O6P. The van der Waals surface area contributed by atoms with Crippen LogP contribution in [0.3, 0.4) is 0 Å². The number of rotatable bonds is 6. The summed E-state index contributed by atoms with van der Waals surface area (Å²) in [6.07, 6.45) is 0. The average Bonchev–Trinajstić information content (AvgIpc) is 2.66. The van der Waals surface area contributed by atoms with Gasteiger partial charge in [-0.15, -0.1) is 0 Å². The average molecular weight is 400 g/mol. The zero-order chi connectivity index (χ0) is 20.3. The van der Waals surface area contributed by atoms with Crippen molar-refractivity contribution in [2.24, 2.45) is 0 Å². The third kappa shape index (κ3) is 4.24. The van der Waals surface area contributed by atoms with Gasteiger partial charge in [-0.3, -0.25) is 0 Å². The highest BCUT2D eigenvalue weighted by molar-refractivity contribution is 7.43. The second kappa shape index (κ2) is 8.28. The van der Waals surface area contributed by atoms with Crippen molar-refractivity contribution in [1.82, 2.24) is 0 Å². The van der Waals surface area contributed by atoms with E-state index in [1.54, 1.807) is 75.4 Å². The zero-order valence-electron chi connectivity index (χ0n) is 15.7. The minimum atomic E-state index is -2.16. The maximum Gasteiger partial charge on any atom is 0.530 e. The molecular weight excluding hydrogens is 379 g/mol. The molecule has 28 heavy (non-hydrogen) atoms. The molecule has 7 heteroatoms. The Labute approximate surface area is 164 Å². The summed E-state index contributed by atoms with van der Waals surface area (Å²) in [6.45, 7) is 5.22. The van der Waals surface area contributed by atoms with Crippen LogP contribution in [0.1, 0.15) is 16.7 Å².